The quantitative estimate of drug-likeness (QED) is 0.806. The number of carboxylic acid groups (broad SMARTS) is 1. The van der Waals surface area contributed by atoms with E-state index in [1.807, 2.05) is 0 Å². The van der Waals surface area contributed by atoms with E-state index < -0.39 is 11.9 Å². The molecule has 0 aliphatic carbocycles. The summed E-state index contributed by atoms with van der Waals surface area (Å²) in [4.78, 5) is 22.8. The first kappa shape index (κ1) is 15.6. The van der Waals surface area contributed by atoms with Crippen molar-refractivity contribution in [1.29, 1.82) is 0 Å². The molecule has 6 heteroatoms. The van der Waals surface area contributed by atoms with Gasteiger partial charge in [-0.1, -0.05) is 0 Å². The Balaban J connectivity index is 3.01. The summed E-state index contributed by atoms with van der Waals surface area (Å²) in [5.74, 6) is -0.562. The highest BCUT2D eigenvalue weighted by atomic mass is 16.5. The van der Waals surface area contributed by atoms with Crippen LogP contribution in [-0.2, 0) is 9.59 Å². The number of amides is 1. The Labute approximate surface area is 117 Å². The maximum Gasteiger partial charge on any atom is 0.331 e. The second-order valence-corrected chi connectivity index (χ2v) is 4.11. The average molecular weight is 279 g/mol. The molecule has 0 radical (unpaired) electrons. The molecule has 2 N–H and O–H groups in total. The fourth-order valence-electron chi connectivity index (χ4n) is 1.44. The van der Waals surface area contributed by atoms with Gasteiger partial charge in [-0.3, -0.25) is 4.79 Å². The number of nitrogens with one attached hydrogen (secondary N) is 1. The molecular formula is C14H17NO5. The highest BCUT2D eigenvalue weighted by Crippen LogP contribution is 2.26. The summed E-state index contributed by atoms with van der Waals surface area (Å²) in [7, 11) is 3.00. The van der Waals surface area contributed by atoms with Crippen LogP contribution in [0.15, 0.2) is 29.3 Å². The zero-order valence-electron chi connectivity index (χ0n) is 11.8. The van der Waals surface area contributed by atoms with E-state index in [9.17, 15) is 9.59 Å². The molecule has 0 fully saturated rings. The lowest BCUT2D eigenvalue weighted by Gasteiger charge is -2.10. The average Bonchev–Trinajstić information content (AvgIpc) is 2.44. The number of aliphatic carboxylic acids is 1. The zero-order valence-corrected chi connectivity index (χ0v) is 11.8. The van der Waals surface area contributed by atoms with E-state index in [0.717, 1.165) is 0 Å². The normalized spacial score (nSPS) is 11.4. The molecular weight excluding hydrogens is 262 g/mol. The molecule has 0 atom stereocenters. The van der Waals surface area contributed by atoms with Crippen molar-refractivity contribution >= 4 is 17.6 Å². The largest absolute Gasteiger partial charge is 0.497 e. The van der Waals surface area contributed by atoms with Gasteiger partial charge in [0.15, 0.2) is 0 Å². The Bertz CT molecular complexity index is 540. The van der Waals surface area contributed by atoms with E-state index in [1.165, 1.54) is 28.1 Å². The first-order valence-electron chi connectivity index (χ1n) is 5.84. The first-order chi connectivity index (χ1) is 9.38. The number of ether oxygens (including phenoxy) is 2. The standard InChI is InChI=1S/C14H17NO5/c1-8(9(2)14(17)18)13(16)15-10-5-11(19-3)7-12(6-10)20-4/h5-7H,1-4H3,(H,15,16)(H,17,18). The van der Waals surface area contributed by atoms with Crippen LogP contribution in [0.2, 0.25) is 0 Å². The van der Waals surface area contributed by atoms with Crippen LogP contribution >= 0.6 is 0 Å². The van der Waals surface area contributed by atoms with Gasteiger partial charge >= 0.3 is 5.97 Å². The van der Waals surface area contributed by atoms with Gasteiger partial charge < -0.3 is 19.9 Å². The third-order valence-corrected chi connectivity index (χ3v) is 2.83. The Kier molecular flexibility index (Phi) is 5.14. The van der Waals surface area contributed by atoms with Gasteiger partial charge in [0.25, 0.3) is 5.91 Å². The summed E-state index contributed by atoms with van der Waals surface area (Å²) in [6.07, 6.45) is 0. The molecule has 1 aromatic carbocycles. The minimum Gasteiger partial charge on any atom is -0.497 e. The minimum absolute atomic E-state index is 0.00244. The number of carboxylic acids is 1. The summed E-state index contributed by atoms with van der Waals surface area (Å²) in [5, 5.41) is 11.5. The lowest BCUT2D eigenvalue weighted by molar-refractivity contribution is -0.133. The van der Waals surface area contributed by atoms with Gasteiger partial charge in [-0.15, -0.1) is 0 Å². The van der Waals surface area contributed by atoms with Gasteiger partial charge in [-0.2, -0.15) is 0 Å². The van der Waals surface area contributed by atoms with Gasteiger partial charge in [0.05, 0.1) is 14.2 Å². The number of benzene rings is 1. The maximum absolute atomic E-state index is 11.9. The number of hydrogen-bond acceptors (Lipinski definition) is 4. The molecule has 0 spiro atoms. The van der Waals surface area contributed by atoms with E-state index in [0.29, 0.717) is 17.2 Å². The van der Waals surface area contributed by atoms with Crippen LogP contribution in [0.25, 0.3) is 0 Å². The summed E-state index contributed by atoms with van der Waals surface area (Å²) in [5.41, 5.74) is 0.598. The van der Waals surface area contributed by atoms with Crippen molar-refractivity contribution in [3.05, 3.63) is 29.3 Å². The monoisotopic (exact) mass is 279 g/mol. The lowest BCUT2D eigenvalue weighted by Crippen LogP contribution is -2.16. The summed E-state index contributed by atoms with van der Waals surface area (Å²) >= 11 is 0. The maximum atomic E-state index is 11.9. The van der Waals surface area contributed by atoms with Crippen molar-refractivity contribution in [3.63, 3.8) is 0 Å². The van der Waals surface area contributed by atoms with Crippen molar-refractivity contribution < 1.29 is 24.2 Å². The fraction of sp³-hybridized carbons (Fsp3) is 0.286. The highest BCUT2D eigenvalue weighted by Gasteiger charge is 2.13. The Hall–Kier alpha value is -2.50. The topological polar surface area (TPSA) is 84.9 Å². The molecule has 20 heavy (non-hydrogen) atoms. The van der Waals surface area contributed by atoms with E-state index in [-0.39, 0.29) is 11.1 Å². The third kappa shape index (κ3) is 3.74. The van der Waals surface area contributed by atoms with Gasteiger partial charge in [0.2, 0.25) is 0 Å². The molecule has 0 aliphatic heterocycles. The number of hydrogen-bond donors (Lipinski definition) is 2. The van der Waals surface area contributed by atoms with E-state index in [1.54, 1.807) is 18.2 Å². The molecule has 0 saturated heterocycles. The van der Waals surface area contributed by atoms with Gasteiger partial charge in [-0.25, -0.2) is 4.79 Å². The molecule has 0 saturated carbocycles. The molecule has 6 nitrogen and oxygen atoms in total. The van der Waals surface area contributed by atoms with Crippen LogP contribution < -0.4 is 14.8 Å². The fourth-order valence-corrected chi connectivity index (χ4v) is 1.44. The van der Waals surface area contributed by atoms with Crippen LogP contribution in [0.4, 0.5) is 5.69 Å². The number of anilines is 1. The highest BCUT2D eigenvalue weighted by molar-refractivity contribution is 6.08. The Morgan fingerprint density at radius 2 is 1.50 bits per heavy atom. The van der Waals surface area contributed by atoms with Crippen LogP contribution in [-0.4, -0.2) is 31.2 Å². The molecule has 0 aliphatic rings. The van der Waals surface area contributed by atoms with Crippen molar-refractivity contribution in [2.75, 3.05) is 19.5 Å². The minimum atomic E-state index is -1.12. The molecule has 0 unspecified atom stereocenters. The predicted octanol–water partition coefficient (Wildman–Crippen LogP) is 2.06. The number of rotatable bonds is 5. The molecule has 108 valence electrons. The molecule has 1 aromatic rings. The van der Waals surface area contributed by atoms with Crippen molar-refractivity contribution in [2.24, 2.45) is 0 Å². The number of carbonyl (C=O) groups is 2. The van der Waals surface area contributed by atoms with Crippen molar-refractivity contribution in [2.45, 2.75) is 13.8 Å². The lowest BCUT2D eigenvalue weighted by atomic mass is 10.1. The van der Waals surface area contributed by atoms with E-state index in [2.05, 4.69) is 5.32 Å². The van der Waals surface area contributed by atoms with Crippen LogP contribution in [0.3, 0.4) is 0 Å². The van der Waals surface area contributed by atoms with E-state index >= 15 is 0 Å². The molecule has 0 aromatic heterocycles. The first-order valence-corrected chi connectivity index (χ1v) is 5.84. The SMILES string of the molecule is COc1cc(NC(=O)C(C)=C(C)C(=O)O)cc(OC)c1. The van der Waals surface area contributed by atoms with Gasteiger partial charge in [0.1, 0.15) is 11.5 Å². The summed E-state index contributed by atoms with van der Waals surface area (Å²) < 4.78 is 10.2. The molecule has 1 rings (SSSR count). The molecule has 0 heterocycles. The number of carbonyl (C=O) groups excluding carboxylic acids is 1. The zero-order chi connectivity index (χ0) is 15.3. The predicted molar refractivity (Wildman–Crippen MR) is 74.2 cm³/mol. The third-order valence-electron chi connectivity index (χ3n) is 2.83. The van der Waals surface area contributed by atoms with Gasteiger partial charge in [-0.05, 0) is 13.8 Å². The summed E-state index contributed by atoms with van der Waals surface area (Å²) in [6.45, 7) is 2.83. The van der Waals surface area contributed by atoms with Crippen LogP contribution in [0.1, 0.15) is 13.8 Å². The van der Waals surface area contributed by atoms with Crippen LogP contribution in [0, 0.1) is 0 Å². The second kappa shape index (κ2) is 6.60. The Morgan fingerprint density at radius 1 is 1.00 bits per heavy atom. The van der Waals surface area contributed by atoms with Crippen molar-refractivity contribution in [1.82, 2.24) is 0 Å². The molecule has 0 bridgehead atoms. The second-order valence-electron chi connectivity index (χ2n) is 4.11. The molecule has 1 amide bonds. The smallest absolute Gasteiger partial charge is 0.331 e. The number of methoxy groups -OCH3 is 2. The van der Waals surface area contributed by atoms with Crippen LogP contribution in [0.5, 0.6) is 11.5 Å². The summed E-state index contributed by atoms with van der Waals surface area (Å²) in [6, 6.07) is 4.90. The Morgan fingerprint density at radius 3 is 1.90 bits per heavy atom. The van der Waals surface area contributed by atoms with Crippen molar-refractivity contribution in [3.8, 4) is 11.5 Å². The van der Waals surface area contributed by atoms with Gasteiger partial charge in [0, 0.05) is 35.0 Å². The van der Waals surface area contributed by atoms with E-state index in [4.69, 9.17) is 14.6 Å².